The minimum absolute atomic E-state index is 0.0190. The van der Waals surface area contributed by atoms with Crippen molar-refractivity contribution in [3.8, 4) is 0 Å². The molecule has 1 N–H and O–H groups in total. The van der Waals surface area contributed by atoms with E-state index in [1.54, 1.807) is 0 Å². The van der Waals surface area contributed by atoms with E-state index >= 15 is 0 Å². The van der Waals surface area contributed by atoms with Gasteiger partial charge in [0.05, 0.1) is 20.6 Å². The highest BCUT2D eigenvalue weighted by Gasteiger charge is 2.24. The number of carbonyl (C=O) groups is 2. The van der Waals surface area contributed by atoms with Crippen LogP contribution in [0.15, 0.2) is 12.1 Å². The van der Waals surface area contributed by atoms with E-state index in [-0.39, 0.29) is 39.2 Å². The summed E-state index contributed by atoms with van der Waals surface area (Å²) in [5.41, 5.74) is -0.0281. The molecule has 0 bridgehead atoms. The number of benzene rings is 1. The molecule has 1 aliphatic rings. The highest BCUT2D eigenvalue weighted by atomic mass is 35.5. The van der Waals surface area contributed by atoms with Crippen molar-refractivity contribution in [1.82, 2.24) is 5.32 Å². The average molecular weight is 379 g/mol. The van der Waals surface area contributed by atoms with Gasteiger partial charge in [0.25, 0.3) is 5.91 Å². The summed E-state index contributed by atoms with van der Waals surface area (Å²) in [6, 6.07) is 3.07. The zero-order chi connectivity index (χ0) is 17.0. The molecule has 1 aromatic rings. The van der Waals surface area contributed by atoms with E-state index in [0.29, 0.717) is 5.92 Å². The van der Waals surface area contributed by atoms with Crippen LogP contribution in [0.1, 0.15) is 43.0 Å². The third kappa shape index (κ3) is 4.75. The van der Waals surface area contributed by atoms with Gasteiger partial charge in [-0.05, 0) is 30.9 Å². The Labute approximate surface area is 150 Å². The van der Waals surface area contributed by atoms with Crippen LogP contribution in [0.5, 0.6) is 0 Å². The average Bonchev–Trinajstić information content (AvgIpc) is 2.51. The second-order valence-electron chi connectivity index (χ2n) is 5.73. The van der Waals surface area contributed by atoms with Crippen LogP contribution in [-0.4, -0.2) is 24.5 Å². The summed E-state index contributed by atoms with van der Waals surface area (Å²) >= 11 is 17.8. The maximum atomic E-state index is 12.1. The molecular weight excluding hydrogens is 361 g/mol. The smallest absolute Gasteiger partial charge is 0.341 e. The second-order valence-corrected chi connectivity index (χ2v) is 6.92. The molecule has 0 radical (unpaired) electrons. The Kier molecular flexibility index (Phi) is 6.57. The molecule has 0 aliphatic heterocycles. The van der Waals surface area contributed by atoms with Gasteiger partial charge in [-0.1, -0.05) is 54.6 Å². The molecule has 0 saturated heterocycles. The lowest BCUT2D eigenvalue weighted by Crippen LogP contribution is -2.42. The third-order valence-corrected chi connectivity index (χ3v) is 5.16. The van der Waals surface area contributed by atoms with E-state index in [9.17, 15) is 9.59 Å². The number of nitrogens with one attached hydrogen (secondary N) is 1. The summed E-state index contributed by atoms with van der Waals surface area (Å²) in [6.07, 6.45) is 4.34. The predicted octanol–water partition coefficient (Wildman–Crippen LogP) is 4.50. The molecule has 0 unspecified atom stereocenters. The number of halogens is 3. The first kappa shape index (κ1) is 18.4. The lowest BCUT2D eigenvalue weighted by molar-refractivity contribution is -0.125. The quantitative estimate of drug-likeness (QED) is 0.620. The number of hydrogen-bond acceptors (Lipinski definition) is 3. The minimum Gasteiger partial charge on any atom is -0.452 e. The summed E-state index contributed by atoms with van der Waals surface area (Å²) in [5, 5.41) is 3.25. The Morgan fingerprint density at radius 2 is 1.83 bits per heavy atom. The molecule has 2 rings (SSSR count). The van der Waals surface area contributed by atoms with E-state index < -0.39 is 5.97 Å². The van der Waals surface area contributed by atoms with Crippen LogP contribution >= 0.6 is 34.8 Å². The summed E-state index contributed by atoms with van der Waals surface area (Å²) in [4.78, 5) is 24.0. The van der Waals surface area contributed by atoms with E-state index in [1.807, 2.05) is 0 Å². The SMILES string of the molecule is C[C@@H]1CCCC[C@@H]1NC(=O)COC(=O)c1c(Cl)ccc(Cl)c1Cl. The van der Waals surface area contributed by atoms with Gasteiger partial charge < -0.3 is 10.1 Å². The molecule has 0 spiro atoms. The van der Waals surface area contributed by atoms with E-state index in [4.69, 9.17) is 39.5 Å². The molecular formula is C16H18Cl3NO3. The third-order valence-electron chi connectivity index (χ3n) is 4.04. The molecule has 1 aliphatic carbocycles. The van der Waals surface area contributed by atoms with Gasteiger partial charge in [-0.25, -0.2) is 4.79 Å². The van der Waals surface area contributed by atoms with Gasteiger partial charge in [0.2, 0.25) is 0 Å². The van der Waals surface area contributed by atoms with Crippen LogP contribution in [0, 0.1) is 5.92 Å². The molecule has 1 saturated carbocycles. The van der Waals surface area contributed by atoms with Crippen LogP contribution in [0.3, 0.4) is 0 Å². The van der Waals surface area contributed by atoms with Crippen LogP contribution < -0.4 is 5.32 Å². The van der Waals surface area contributed by atoms with E-state index in [1.165, 1.54) is 18.6 Å². The zero-order valence-electron chi connectivity index (χ0n) is 12.7. The van der Waals surface area contributed by atoms with Gasteiger partial charge in [-0.15, -0.1) is 0 Å². The van der Waals surface area contributed by atoms with Crippen molar-refractivity contribution in [2.75, 3.05) is 6.61 Å². The lowest BCUT2D eigenvalue weighted by Gasteiger charge is -2.29. The van der Waals surface area contributed by atoms with E-state index in [0.717, 1.165) is 19.3 Å². The Bertz CT molecular complexity index is 606. The first-order valence-electron chi connectivity index (χ1n) is 7.50. The van der Waals surface area contributed by atoms with Gasteiger partial charge >= 0.3 is 5.97 Å². The van der Waals surface area contributed by atoms with Crippen LogP contribution in [0.2, 0.25) is 15.1 Å². The topological polar surface area (TPSA) is 55.4 Å². The molecule has 0 heterocycles. The van der Waals surface area contributed by atoms with Gasteiger partial charge in [0.15, 0.2) is 6.61 Å². The molecule has 4 nitrogen and oxygen atoms in total. The zero-order valence-corrected chi connectivity index (χ0v) is 15.0. The lowest BCUT2D eigenvalue weighted by atomic mass is 9.86. The van der Waals surface area contributed by atoms with Crippen molar-refractivity contribution >= 4 is 46.7 Å². The Morgan fingerprint density at radius 1 is 1.17 bits per heavy atom. The van der Waals surface area contributed by atoms with Gasteiger partial charge in [-0.3, -0.25) is 4.79 Å². The molecule has 1 fully saturated rings. The molecule has 23 heavy (non-hydrogen) atoms. The molecule has 1 aromatic carbocycles. The van der Waals surface area contributed by atoms with Crippen molar-refractivity contribution in [2.24, 2.45) is 5.92 Å². The maximum absolute atomic E-state index is 12.1. The normalized spacial score (nSPS) is 20.9. The fourth-order valence-corrected chi connectivity index (χ4v) is 3.38. The van der Waals surface area contributed by atoms with Crippen molar-refractivity contribution in [1.29, 1.82) is 0 Å². The van der Waals surface area contributed by atoms with Gasteiger partial charge in [0.1, 0.15) is 0 Å². The standard InChI is InChI=1S/C16H18Cl3NO3/c1-9-4-2-3-5-12(9)20-13(21)8-23-16(22)14-10(17)6-7-11(18)15(14)19/h6-7,9,12H,2-5,8H2,1H3,(H,20,21)/t9-,12+/m1/s1. The molecule has 2 atom stereocenters. The van der Waals surface area contributed by atoms with Crippen LogP contribution in [0.4, 0.5) is 0 Å². The monoisotopic (exact) mass is 377 g/mol. The first-order chi connectivity index (χ1) is 10.9. The summed E-state index contributed by atoms with van der Waals surface area (Å²) in [5.74, 6) is -0.666. The minimum atomic E-state index is -0.769. The van der Waals surface area contributed by atoms with Crippen molar-refractivity contribution in [2.45, 2.75) is 38.6 Å². The molecule has 1 amide bonds. The van der Waals surface area contributed by atoms with Gasteiger partial charge in [0, 0.05) is 6.04 Å². The van der Waals surface area contributed by atoms with Crippen molar-refractivity contribution in [3.63, 3.8) is 0 Å². The largest absolute Gasteiger partial charge is 0.452 e. The first-order valence-corrected chi connectivity index (χ1v) is 8.63. The Balaban J connectivity index is 1.91. The number of hydrogen-bond donors (Lipinski definition) is 1. The van der Waals surface area contributed by atoms with Crippen molar-refractivity contribution in [3.05, 3.63) is 32.8 Å². The predicted molar refractivity (Wildman–Crippen MR) is 91.3 cm³/mol. The van der Waals surface area contributed by atoms with Crippen LogP contribution in [-0.2, 0) is 9.53 Å². The maximum Gasteiger partial charge on any atom is 0.341 e. The highest BCUT2D eigenvalue weighted by molar-refractivity contribution is 6.46. The summed E-state index contributed by atoms with van der Waals surface area (Å²) < 4.78 is 5.00. The Hall–Kier alpha value is -0.970. The molecule has 7 heteroatoms. The second kappa shape index (κ2) is 8.22. The summed E-state index contributed by atoms with van der Waals surface area (Å²) in [6.45, 7) is 1.74. The number of carbonyl (C=O) groups excluding carboxylic acids is 2. The highest BCUT2D eigenvalue weighted by Crippen LogP contribution is 2.31. The molecule has 126 valence electrons. The fraction of sp³-hybridized carbons (Fsp3) is 0.500. The van der Waals surface area contributed by atoms with Crippen LogP contribution in [0.25, 0.3) is 0 Å². The van der Waals surface area contributed by atoms with Crippen molar-refractivity contribution < 1.29 is 14.3 Å². The Morgan fingerprint density at radius 3 is 2.52 bits per heavy atom. The number of esters is 1. The number of rotatable bonds is 4. The fourth-order valence-electron chi connectivity index (χ4n) is 2.70. The number of amides is 1. The number of ether oxygens (including phenoxy) is 1. The molecule has 0 aromatic heterocycles. The van der Waals surface area contributed by atoms with Gasteiger partial charge in [-0.2, -0.15) is 0 Å². The summed E-state index contributed by atoms with van der Waals surface area (Å²) in [7, 11) is 0. The van der Waals surface area contributed by atoms with E-state index in [2.05, 4.69) is 12.2 Å².